The van der Waals surface area contributed by atoms with Crippen LogP contribution in [0.1, 0.15) is 51.6 Å². The smallest absolute Gasteiger partial charge is 0.314 e. The summed E-state index contributed by atoms with van der Waals surface area (Å²) in [6, 6.07) is 18.6. The van der Waals surface area contributed by atoms with E-state index in [1.807, 2.05) is 18.2 Å². The summed E-state index contributed by atoms with van der Waals surface area (Å²) in [5, 5.41) is 18.2. The van der Waals surface area contributed by atoms with Crippen LogP contribution in [0, 0.1) is 0 Å². The minimum absolute atomic E-state index is 0.0926. The molecule has 3 heterocycles. The average Bonchev–Trinajstić information content (AvgIpc) is 3.46. The van der Waals surface area contributed by atoms with Gasteiger partial charge in [0.2, 0.25) is 5.89 Å². The molecule has 0 bridgehead atoms. The fraction of sp³-hybridized carbons (Fsp3) is 0.167. The second kappa shape index (κ2) is 8.51. The Morgan fingerprint density at radius 1 is 1.00 bits per heavy atom. The van der Waals surface area contributed by atoms with E-state index in [0.29, 0.717) is 22.4 Å². The van der Waals surface area contributed by atoms with Crippen molar-refractivity contribution in [3.63, 3.8) is 0 Å². The van der Waals surface area contributed by atoms with E-state index < -0.39 is 24.5 Å². The lowest BCUT2D eigenvalue weighted by atomic mass is 9.97. The molecule has 1 aliphatic heterocycles. The molecule has 0 radical (unpaired) electrons. The highest BCUT2D eigenvalue weighted by atomic mass is 19.3. The third-order valence-corrected chi connectivity index (χ3v) is 5.58. The van der Waals surface area contributed by atoms with Gasteiger partial charge in [0.1, 0.15) is 12.1 Å². The number of halogens is 2. The number of carbonyl (C=O) groups is 1. The van der Waals surface area contributed by atoms with Gasteiger partial charge >= 0.3 is 6.43 Å². The Morgan fingerprint density at radius 3 is 2.48 bits per heavy atom. The Morgan fingerprint density at radius 2 is 1.79 bits per heavy atom. The number of fused-ring (bicyclic) bond motifs is 1. The molecule has 0 saturated heterocycles. The van der Waals surface area contributed by atoms with Gasteiger partial charge in [0.05, 0.1) is 5.69 Å². The number of aromatic nitrogens is 3. The van der Waals surface area contributed by atoms with Crippen LogP contribution in [0.2, 0.25) is 0 Å². The van der Waals surface area contributed by atoms with Gasteiger partial charge < -0.3 is 14.4 Å². The SMILES string of the molecule is O=C1c2cc(-c3nnc(C(F)F)o3)ccc2CN1C(c1ccccn1)C(O)c1ccccc1. The van der Waals surface area contributed by atoms with Crippen molar-refractivity contribution in [1.82, 2.24) is 20.1 Å². The van der Waals surface area contributed by atoms with Crippen molar-refractivity contribution in [2.45, 2.75) is 25.1 Å². The second-order valence-corrected chi connectivity index (χ2v) is 7.61. The van der Waals surface area contributed by atoms with Crippen molar-refractivity contribution in [2.75, 3.05) is 0 Å². The van der Waals surface area contributed by atoms with E-state index in [0.717, 1.165) is 5.56 Å². The predicted molar refractivity (Wildman–Crippen MR) is 113 cm³/mol. The Balaban J connectivity index is 1.50. The molecule has 0 spiro atoms. The van der Waals surface area contributed by atoms with Crippen LogP contribution in [0.25, 0.3) is 11.5 Å². The van der Waals surface area contributed by atoms with Crippen LogP contribution < -0.4 is 0 Å². The lowest BCUT2D eigenvalue weighted by molar-refractivity contribution is 0.0347. The molecule has 166 valence electrons. The Kier molecular flexibility index (Phi) is 5.39. The first kappa shape index (κ1) is 20.9. The molecular formula is C24H18F2N4O3. The van der Waals surface area contributed by atoms with Crippen LogP contribution in [0.5, 0.6) is 0 Å². The van der Waals surface area contributed by atoms with Crippen molar-refractivity contribution in [3.05, 3.63) is 101 Å². The van der Waals surface area contributed by atoms with Crippen LogP contribution in [-0.4, -0.2) is 31.1 Å². The first-order chi connectivity index (χ1) is 16.0. The van der Waals surface area contributed by atoms with Gasteiger partial charge in [0, 0.05) is 23.9 Å². The quantitative estimate of drug-likeness (QED) is 0.467. The summed E-state index contributed by atoms with van der Waals surface area (Å²) >= 11 is 0. The number of alkyl halides is 2. The van der Waals surface area contributed by atoms with Crippen molar-refractivity contribution in [3.8, 4) is 11.5 Å². The molecule has 0 saturated carbocycles. The Bertz CT molecular complexity index is 1280. The van der Waals surface area contributed by atoms with Gasteiger partial charge in [-0.3, -0.25) is 9.78 Å². The van der Waals surface area contributed by atoms with Crippen molar-refractivity contribution < 1.29 is 23.1 Å². The highest BCUT2D eigenvalue weighted by Crippen LogP contribution is 2.39. The van der Waals surface area contributed by atoms with Crippen molar-refractivity contribution in [1.29, 1.82) is 0 Å². The summed E-state index contributed by atoms with van der Waals surface area (Å²) < 4.78 is 30.6. The zero-order valence-corrected chi connectivity index (χ0v) is 17.2. The average molecular weight is 448 g/mol. The Labute approximate surface area is 187 Å². The molecule has 2 aromatic carbocycles. The zero-order valence-electron chi connectivity index (χ0n) is 17.2. The number of pyridine rings is 1. The number of carbonyl (C=O) groups excluding carboxylic acids is 1. The number of benzene rings is 2. The fourth-order valence-electron chi connectivity index (χ4n) is 4.00. The molecule has 2 unspecified atom stereocenters. The van der Waals surface area contributed by atoms with Crippen molar-refractivity contribution in [2.24, 2.45) is 0 Å². The monoisotopic (exact) mass is 448 g/mol. The number of amides is 1. The van der Waals surface area contributed by atoms with Crippen molar-refractivity contribution >= 4 is 5.91 Å². The van der Waals surface area contributed by atoms with Gasteiger partial charge in [0.15, 0.2) is 0 Å². The molecule has 1 aliphatic rings. The van der Waals surface area contributed by atoms with Crippen LogP contribution in [0.4, 0.5) is 8.78 Å². The summed E-state index contributed by atoms with van der Waals surface area (Å²) in [4.78, 5) is 19.4. The molecular weight excluding hydrogens is 430 g/mol. The molecule has 33 heavy (non-hydrogen) atoms. The van der Waals surface area contributed by atoms with E-state index in [1.165, 1.54) is 0 Å². The molecule has 2 aromatic heterocycles. The van der Waals surface area contributed by atoms with Gasteiger partial charge in [0.25, 0.3) is 11.8 Å². The first-order valence-electron chi connectivity index (χ1n) is 10.2. The maximum absolute atomic E-state index is 13.4. The minimum Gasteiger partial charge on any atom is -0.415 e. The summed E-state index contributed by atoms with van der Waals surface area (Å²) in [7, 11) is 0. The normalized spacial score (nSPS) is 15.0. The van der Waals surface area contributed by atoms with Gasteiger partial charge in [-0.05, 0) is 35.4 Å². The van der Waals surface area contributed by atoms with Gasteiger partial charge in [-0.15, -0.1) is 10.2 Å². The fourth-order valence-corrected chi connectivity index (χ4v) is 4.00. The van der Waals surface area contributed by atoms with E-state index in [9.17, 15) is 18.7 Å². The van der Waals surface area contributed by atoms with Gasteiger partial charge in [-0.2, -0.15) is 8.78 Å². The Hall–Kier alpha value is -3.98. The van der Waals surface area contributed by atoms with E-state index >= 15 is 0 Å². The highest BCUT2D eigenvalue weighted by Gasteiger charge is 2.38. The molecule has 1 N–H and O–H groups in total. The van der Waals surface area contributed by atoms with E-state index in [2.05, 4.69) is 15.2 Å². The molecule has 7 nitrogen and oxygen atoms in total. The number of hydrogen-bond donors (Lipinski definition) is 1. The largest absolute Gasteiger partial charge is 0.415 e. The maximum Gasteiger partial charge on any atom is 0.314 e. The highest BCUT2D eigenvalue weighted by molar-refractivity contribution is 5.99. The molecule has 1 amide bonds. The second-order valence-electron chi connectivity index (χ2n) is 7.61. The summed E-state index contributed by atoms with van der Waals surface area (Å²) in [5.74, 6) is -1.18. The van der Waals surface area contributed by atoms with E-state index in [1.54, 1.807) is 59.6 Å². The standard InChI is InChI=1S/C24H18F2N4O3/c25-21(26)23-29-28-22(33-23)15-9-10-16-13-30(24(32)17(16)12-15)19(18-8-4-5-11-27-18)20(31)14-6-2-1-3-7-14/h1-12,19-21,31H,13H2. The maximum atomic E-state index is 13.4. The summed E-state index contributed by atoms with van der Waals surface area (Å²) in [5.41, 5.74) is 2.68. The molecule has 4 aromatic rings. The summed E-state index contributed by atoms with van der Waals surface area (Å²) in [6.07, 6.45) is -2.28. The van der Waals surface area contributed by atoms with E-state index in [-0.39, 0.29) is 18.3 Å². The molecule has 5 rings (SSSR count). The molecule has 0 aliphatic carbocycles. The van der Waals surface area contributed by atoms with E-state index in [4.69, 9.17) is 4.42 Å². The van der Waals surface area contributed by atoms with Crippen LogP contribution in [-0.2, 0) is 6.54 Å². The predicted octanol–water partition coefficient (Wildman–Crippen LogP) is 4.50. The summed E-state index contributed by atoms with van der Waals surface area (Å²) in [6.45, 7) is 0.256. The molecule has 0 fully saturated rings. The molecule has 9 heteroatoms. The number of nitrogens with zero attached hydrogens (tertiary/aromatic N) is 4. The third-order valence-electron chi connectivity index (χ3n) is 5.58. The topological polar surface area (TPSA) is 92.4 Å². The number of aliphatic hydroxyl groups is 1. The van der Waals surface area contributed by atoms with Gasteiger partial charge in [-0.1, -0.05) is 42.5 Å². The lowest BCUT2D eigenvalue weighted by Gasteiger charge is -2.31. The number of rotatable bonds is 6. The van der Waals surface area contributed by atoms with Crippen LogP contribution >= 0.6 is 0 Å². The minimum atomic E-state index is -2.88. The number of hydrogen-bond acceptors (Lipinski definition) is 6. The van der Waals surface area contributed by atoms with Crippen LogP contribution in [0.3, 0.4) is 0 Å². The third kappa shape index (κ3) is 3.87. The van der Waals surface area contributed by atoms with Gasteiger partial charge in [-0.25, -0.2) is 0 Å². The molecule has 2 atom stereocenters. The first-order valence-corrected chi connectivity index (χ1v) is 10.2. The van der Waals surface area contributed by atoms with Crippen LogP contribution in [0.15, 0.2) is 77.3 Å². The number of aliphatic hydroxyl groups excluding tert-OH is 1. The zero-order chi connectivity index (χ0) is 22.9. The lowest BCUT2D eigenvalue weighted by Crippen LogP contribution is -2.34.